The van der Waals surface area contributed by atoms with Crippen molar-refractivity contribution in [3.05, 3.63) is 54.1 Å². The van der Waals surface area contributed by atoms with Crippen molar-refractivity contribution in [1.29, 1.82) is 0 Å². The summed E-state index contributed by atoms with van der Waals surface area (Å²) < 4.78 is 13.3. The minimum absolute atomic E-state index is 0.621. The van der Waals surface area contributed by atoms with Gasteiger partial charge in [0.15, 0.2) is 11.5 Å². The van der Waals surface area contributed by atoms with Crippen LogP contribution in [0.1, 0.15) is 5.56 Å². The smallest absolute Gasteiger partial charge is 0.163 e. The zero-order valence-electron chi connectivity index (χ0n) is 10.4. The molecule has 0 fully saturated rings. The maximum absolute atomic E-state index is 5.61. The lowest BCUT2D eigenvalue weighted by molar-refractivity contribution is 0.171. The van der Waals surface area contributed by atoms with Crippen LogP contribution in [0.2, 0.25) is 0 Å². The van der Waals surface area contributed by atoms with Crippen molar-refractivity contribution in [3.63, 3.8) is 0 Å². The summed E-state index contributed by atoms with van der Waals surface area (Å²) in [5.41, 5.74) is 2.40. The Kier molecular flexibility index (Phi) is 3.77. The van der Waals surface area contributed by atoms with Gasteiger partial charge in [0.05, 0.1) is 35.1 Å². The summed E-state index contributed by atoms with van der Waals surface area (Å²) >= 11 is 2.32. The summed E-state index contributed by atoms with van der Waals surface area (Å²) in [6.45, 7) is 2.11. The first-order chi connectivity index (χ1) is 9.33. The lowest BCUT2D eigenvalue weighted by Gasteiger charge is -2.22. The van der Waals surface area contributed by atoms with E-state index in [0.717, 1.165) is 23.7 Å². The normalized spacial score (nSPS) is 13.1. The van der Waals surface area contributed by atoms with Gasteiger partial charge in [-0.15, -0.1) is 0 Å². The zero-order valence-corrected chi connectivity index (χ0v) is 12.5. The second-order valence-corrected chi connectivity index (χ2v) is 5.50. The first kappa shape index (κ1) is 12.6. The third-order valence-electron chi connectivity index (χ3n) is 2.97. The van der Waals surface area contributed by atoms with Crippen LogP contribution in [0, 0.1) is 0 Å². The molecule has 2 aromatic carbocycles. The minimum Gasteiger partial charge on any atom is -0.486 e. The number of anilines is 1. The summed E-state index contributed by atoms with van der Waals surface area (Å²) in [7, 11) is 0. The van der Waals surface area contributed by atoms with Crippen LogP contribution in [-0.4, -0.2) is 13.2 Å². The van der Waals surface area contributed by atoms with Gasteiger partial charge in [-0.1, -0.05) is 30.3 Å². The number of ether oxygens (including phenoxy) is 2. The standard InChI is InChI=1S/C15H14INO2/c16-17(11-12-4-2-1-3-5-12)13-6-7-14-15(10-13)19-9-8-18-14/h1-7,10H,8-9,11H2. The van der Waals surface area contributed by atoms with Gasteiger partial charge in [0.1, 0.15) is 13.2 Å². The summed E-state index contributed by atoms with van der Waals surface area (Å²) in [6, 6.07) is 16.5. The summed E-state index contributed by atoms with van der Waals surface area (Å²) in [5.74, 6) is 1.66. The fraction of sp³-hybridized carbons (Fsp3) is 0.200. The first-order valence-electron chi connectivity index (χ1n) is 6.20. The van der Waals surface area contributed by atoms with Gasteiger partial charge in [-0.2, -0.15) is 0 Å². The Bertz CT molecular complexity index is 559. The Labute approximate surface area is 126 Å². The molecule has 0 aliphatic carbocycles. The average Bonchev–Trinajstić information content (AvgIpc) is 2.48. The number of halogens is 1. The highest BCUT2D eigenvalue weighted by molar-refractivity contribution is 14.1. The van der Waals surface area contributed by atoms with Gasteiger partial charge < -0.3 is 12.6 Å². The summed E-state index contributed by atoms with van der Waals surface area (Å²) in [4.78, 5) is 0. The van der Waals surface area contributed by atoms with Crippen molar-refractivity contribution < 1.29 is 9.47 Å². The molecule has 0 radical (unpaired) electrons. The van der Waals surface area contributed by atoms with E-state index in [9.17, 15) is 0 Å². The number of hydrogen-bond acceptors (Lipinski definition) is 3. The second kappa shape index (κ2) is 5.69. The molecule has 0 spiro atoms. The van der Waals surface area contributed by atoms with Gasteiger partial charge in [-0.25, -0.2) is 0 Å². The van der Waals surface area contributed by atoms with Crippen LogP contribution < -0.4 is 12.6 Å². The lowest BCUT2D eigenvalue weighted by Crippen LogP contribution is -2.16. The zero-order chi connectivity index (χ0) is 13.1. The van der Waals surface area contributed by atoms with Gasteiger partial charge in [-0.3, -0.25) is 0 Å². The van der Waals surface area contributed by atoms with Gasteiger partial charge >= 0.3 is 0 Å². The molecule has 1 aliphatic rings. The Morgan fingerprint density at radius 3 is 2.47 bits per heavy atom. The predicted molar refractivity (Wildman–Crippen MR) is 84.1 cm³/mol. The number of nitrogens with zero attached hydrogens (tertiary/aromatic N) is 1. The van der Waals surface area contributed by atoms with Crippen LogP contribution in [0.5, 0.6) is 11.5 Å². The highest BCUT2D eigenvalue weighted by atomic mass is 127. The molecule has 3 nitrogen and oxygen atoms in total. The fourth-order valence-corrected chi connectivity index (χ4v) is 2.71. The maximum Gasteiger partial charge on any atom is 0.163 e. The summed E-state index contributed by atoms with van der Waals surface area (Å²) in [6.07, 6.45) is 0. The molecule has 2 aromatic rings. The van der Waals surface area contributed by atoms with E-state index in [1.165, 1.54) is 5.56 Å². The van der Waals surface area contributed by atoms with Crippen LogP contribution in [0.25, 0.3) is 0 Å². The van der Waals surface area contributed by atoms with Gasteiger partial charge in [0.25, 0.3) is 0 Å². The minimum atomic E-state index is 0.621. The average molecular weight is 367 g/mol. The van der Waals surface area contributed by atoms with E-state index in [-0.39, 0.29) is 0 Å². The molecule has 0 N–H and O–H groups in total. The van der Waals surface area contributed by atoms with Crippen molar-refractivity contribution in [3.8, 4) is 11.5 Å². The van der Waals surface area contributed by atoms with Crippen LogP contribution in [0.4, 0.5) is 5.69 Å². The lowest BCUT2D eigenvalue weighted by atomic mass is 10.2. The summed E-state index contributed by atoms with van der Waals surface area (Å²) in [5, 5.41) is 0. The van der Waals surface area contributed by atoms with Crippen LogP contribution in [-0.2, 0) is 6.54 Å². The molecule has 0 atom stereocenters. The van der Waals surface area contributed by atoms with Crippen molar-refractivity contribution in [2.45, 2.75) is 6.54 Å². The Morgan fingerprint density at radius 2 is 1.68 bits per heavy atom. The molecule has 0 bridgehead atoms. The van der Waals surface area contributed by atoms with Crippen molar-refractivity contribution in [1.82, 2.24) is 0 Å². The van der Waals surface area contributed by atoms with Gasteiger partial charge in [-0.05, 0) is 17.7 Å². The van der Waals surface area contributed by atoms with Gasteiger partial charge in [0, 0.05) is 6.07 Å². The molecule has 4 heteroatoms. The van der Waals surface area contributed by atoms with Gasteiger partial charge in [0.2, 0.25) is 0 Å². The molecule has 0 saturated carbocycles. The Balaban J connectivity index is 1.78. The molecular formula is C15H14INO2. The van der Waals surface area contributed by atoms with E-state index in [0.29, 0.717) is 13.2 Å². The largest absolute Gasteiger partial charge is 0.486 e. The second-order valence-electron chi connectivity index (χ2n) is 4.33. The third kappa shape index (κ3) is 2.94. The molecular weight excluding hydrogens is 353 g/mol. The van der Waals surface area contributed by atoms with Crippen molar-refractivity contribution in [2.75, 3.05) is 16.3 Å². The molecule has 3 rings (SSSR count). The molecule has 1 aliphatic heterocycles. The van der Waals surface area contributed by atoms with E-state index in [4.69, 9.17) is 9.47 Å². The van der Waals surface area contributed by atoms with E-state index in [1.807, 2.05) is 18.2 Å². The number of rotatable bonds is 3. The monoisotopic (exact) mass is 367 g/mol. The van der Waals surface area contributed by atoms with Crippen LogP contribution in [0.15, 0.2) is 48.5 Å². The molecule has 0 amide bonds. The molecule has 98 valence electrons. The van der Waals surface area contributed by atoms with Crippen molar-refractivity contribution in [2.24, 2.45) is 0 Å². The van der Waals surface area contributed by atoms with E-state index in [1.54, 1.807) is 0 Å². The molecule has 0 unspecified atom stereocenters. The van der Waals surface area contributed by atoms with E-state index >= 15 is 0 Å². The Hall–Kier alpha value is -1.43. The highest BCUT2D eigenvalue weighted by Gasteiger charge is 2.13. The SMILES string of the molecule is IN(Cc1ccccc1)c1ccc2c(c1)OCCO2. The topological polar surface area (TPSA) is 21.7 Å². The van der Waals surface area contributed by atoms with Crippen LogP contribution in [0.3, 0.4) is 0 Å². The molecule has 19 heavy (non-hydrogen) atoms. The van der Waals surface area contributed by atoms with Crippen molar-refractivity contribution >= 4 is 28.6 Å². The van der Waals surface area contributed by atoms with Crippen LogP contribution >= 0.6 is 22.9 Å². The maximum atomic E-state index is 5.61. The predicted octanol–water partition coefficient (Wildman–Crippen LogP) is 3.81. The number of benzene rings is 2. The molecule has 0 aromatic heterocycles. The van der Waals surface area contributed by atoms with E-state index < -0.39 is 0 Å². The number of hydrogen-bond donors (Lipinski definition) is 0. The fourth-order valence-electron chi connectivity index (χ4n) is 2.02. The quantitative estimate of drug-likeness (QED) is 0.608. The van der Waals surface area contributed by atoms with E-state index in [2.05, 4.69) is 56.3 Å². The Morgan fingerprint density at radius 1 is 0.947 bits per heavy atom. The number of fused-ring (bicyclic) bond motifs is 1. The third-order valence-corrected chi connectivity index (χ3v) is 3.87. The highest BCUT2D eigenvalue weighted by Crippen LogP contribution is 2.35. The molecule has 1 heterocycles. The molecule has 0 saturated heterocycles. The first-order valence-corrected chi connectivity index (χ1v) is 7.16.